The van der Waals surface area contributed by atoms with Gasteiger partial charge in [0.15, 0.2) is 12.7 Å². The molecule has 0 bridgehead atoms. The van der Waals surface area contributed by atoms with E-state index < -0.39 is 12.1 Å². The van der Waals surface area contributed by atoms with Crippen LogP contribution in [0.3, 0.4) is 0 Å². The van der Waals surface area contributed by atoms with Crippen molar-refractivity contribution in [2.24, 2.45) is 5.92 Å². The monoisotopic (exact) mass is 363 g/mol. The molecule has 1 aromatic rings. The van der Waals surface area contributed by atoms with Crippen LogP contribution in [0, 0.1) is 5.92 Å². The summed E-state index contributed by atoms with van der Waals surface area (Å²) in [6.45, 7) is 5.98. The Morgan fingerprint density at radius 2 is 1.73 bits per heavy atom. The van der Waals surface area contributed by atoms with Gasteiger partial charge in [-0.15, -0.1) is 0 Å². The van der Waals surface area contributed by atoms with Crippen molar-refractivity contribution in [2.45, 2.75) is 58.6 Å². The number of nitrogens with one attached hydrogen (secondary N) is 1. The minimum Gasteiger partial charge on any atom is -0.494 e. The van der Waals surface area contributed by atoms with Gasteiger partial charge in [0.2, 0.25) is 0 Å². The van der Waals surface area contributed by atoms with E-state index in [4.69, 9.17) is 14.2 Å². The molecule has 0 unspecified atom stereocenters. The van der Waals surface area contributed by atoms with Crippen molar-refractivity contribution in [3.8, 4) is 11.5 Å². The van der Waals surface area contributed by atoms with Crippen molar-refractivity contribution in [3.05, 3.63) is 24.3 Å². The van der Waals surface area contributed by atoms with Crippen LogP contribution in [-0.2, 0) is 14.3 Å². The van der Waals surface area contributed by atoms with E-state index in [0.717, 1.165) is 25.0 Å². The predicted molar refractivity (Wildman–Crippen MR) is 98.2 cm³/mol. The highest BCUT2D eigenvalue weighted by Gasteiger charge is 2.26. The van der Waals surface area contributed by atoms with E-state index >= 15 is 0 Å². The van der Waals surface area contributed by atoms with E-state index in [2.05, 4.69) is 12.2 Å². The second-order valence-corrected chi connectivity index (χ2v) is 6.70. The van der Waals surface area contributed by atoms with Gasteiger partial charge in [0.05, 0.1) is 6.61 Å². The molecule has 1 amide bonds. The van der Waals surface area contributed by atoms with Crippen LogP contribution in [0.4, 0.5) is 0 Å². The van der Waals surface area contributed by atoms with Crippen molar-refractivity contribution >= 4 is 11.9 Å². The van der Waals surface area contributed by atoms with E-state index in [-0.39, 0.29) is 18.6 Å². The number of esters is 1. The highest BCUT2D eigenvalue weighted by Crippen LogP contribution is 2.23. The van der Waals surface area contributed by atoms with Crippen LogP contribution < -0.4 is 14.8 Å². The number of carbonyl (C=O) groups excluding carboxylic acids is 2. The van der Waals surface area contributed by atoms with Crippen LogP contribution in [-0.4, -0.2) is 37.2 Å². The summed E-state index contributed by atoms with van der Waals surface area (Å²) in [5.74, 6) is 0.915. The van der Waals surface area contributed by atoms with Gasteiger partial charge < -0.3 is 19.5 Å². The first-order chi connectivity index (χ1) is 12.5. The fourth-order valence-corrected chi connectivity index (χ4v) is 3.06. The molecule has 1 fully saturated rings. The maximum Gasteiger partial charge on any atom is 0.344 e. The molecule has 2 rings (SSSR count). The highest BCUT2D eigenvalue weighted by molar-refractivity contribution is 5.83. The number of amides is 1. The summed E-state index contributed by atoms with van der Waals surface area (Å²) in [5.41, 5.74) is 0. The zero-order valence-electron chi connectivity index (χ0n) is 15.8. The third-order valence-corrected chi connectivity index (χ3v) is 4.61. The number of ether oxygens (including phenoxy) is 3. The summed E-state index contributed by atoms with van der Waals surface area (Å²) in [6.07, 6.45) is 3.60. The zero-order valence-corrected chi connectivity index (χ0v) is 15.8. The Labute approximate surface area is 155 Å². The summed E-state index contributed by atoms with van der Waals surface area (Å²) in [6, 6.07) is 7.15. The molecule has 0 aliphatic heterocycles. The smallest absolute Gasteiger partial charge is 0.344 e. The number of hydrogen-bond acceptors (Lipinski definition) is 5. The van der Waals surface area contributed by atoms with Crippen LogP contribution in [0.1, 0.15) is 46.5 Å². The molecule has 0 spiro atoms. The Hall–Kier alpha value is -2.24. The maximum atomic E-state index is 12.2. The standard InChI is InChI=1S/C20H29NO5/c1-4-24-16-9-11-17(12-10-16)25-13-19(22)26-15(3)20(23)21-18-8-6-5-7-14(18)2/h9-12,14-15,18H,4-8,13H2,1-3H3,(H,21,23)/t14-,15-,18+/m1/s1. The minimum atomic E-state index is -0.833. The van der Waals surface area contributed by atoms with Gasteiger partial charge in [-0.05, 0) is 56.9 Å². The van der Waals surface area contributed by atoms with Crippen molar-refractivity contribution < 1.29 is 23.8 Å². The lowest BCUT2D eigenvalue weighted by Crippen LogP contribution is -2.46. The number of rotatable bonds is 8. The van der Waals surface area contributed by atoms with Gasteiger partial charge in [-0.25, -0.2) is 4.79 Å². The lowest BCUT2D eigenvalue weighted by molar-refractivity contribution is -0.157. The molecule has 0 heterocycles. The topological polar surface area (TPSA) is 73.9 Å². The number of carbonyl (C=O) groups is 2. The third kappa shape index (κ3) is 6.24. The normalized spacial score (nSPS) is 20.7. The van der Waals surface area contributed by atoms with Crippen molar-refractivity contribution in [2.75, 3.05) is 13.2 Å². The first-order valence-corrected chi connectivity index (χ1v) is 9.35. The van der Waals surface area contributed by atoms with Crippen LogP contribution in [0.15, 0.2) is 24.3 Å². The molecule has 1 N–H and O–H groups in total. The summed E-state index contributed by atoms with van der Waals surface area (Å²) in [7, 11) is 0. The van der Waals surface area contributed by atoms with Crippen LogP contribution in [0.2, 0.25) is 0 Å². The van der Waals surface area contributed by atoms with Crippen molar-refractivity contribution in [1.29, 1.82) is 0 Å². The number of hydrogen-bond donors (Lipinski definition) is 1. The molecule has 6 nitrogen and oxygen atoms in total. The zero-order chi connectivity index (χ0) is 18.9. The molecule has 3 atom stereocenters. The minimum absolute atomic E-state index is 0.164. The Bertz CT molecular complexity index is 586. The van der Waals surface area contributed by atoms with Crippen LogP contribution >= 0.6 is 0 Å². The molecule has 0 aromatic heterocycles. The first kappa shape index (κ1) is 20.1. The van der Waals surface area contributed by atoms with Gasteiger partial charge >= 0.3 is 5.97 Å². The maximum absolute atomic E-state index is 12.2. The molecular formula is C20H29NO5. The average molecular weight is 363 g/mol. The molecule has 1 aliphatic carbocycles. The Kier molecular flexibility index (Phi) is 7.75. The van der Waals surface area contributed by atoms with Crippen LogP contribution in [0.5, 0.6) is 11.5 Å². The third-order valence-electron chi connectivity index (χ3n) is 4.61. The molecule has 144 valence electrons. The molecule has 6 heteroatoms. The largest absolute Gasteiger partial charge is 0.494 e. The fraction of sp³-hybridized carbons (Fsp3) is 0.600. The molecule has 1 saturated carbocycles. The second kappa shape index (κ2) is 10.0. The number of benzene rings is 1. The van der Waals surface area contributed by atoms with E-state index in [9.17, 15) is 9.59 Å². The summed E-state index contributed by atoms with van der Waals surface area (Å²) >= 11 is 0. The fourth-order valence-electron chi connectivity index (χ4n) is 3.06. The summed E-state index contributed by atoms with van der Waals surface area (Å²) in [4.78, 5) is 24.1. The van der Waals surface area contributed by atoms with Gasteiger partial charge in [0.25, 0.3) is 5.91 Å². The van der Waals surface area contributed by atoms with E-state index in [1.165, 1.54) is 6.42 Å². The van der Waals surface area contributed by atoms with Crippen LogP contribution in [0.25, 0.3) is 0 Å². The van der Waals surface area contributed by atoms with Crippen molar-refractivity contribution in [1.82, 2.24) is 5.32 Å². The highest BCUT2D eigenvalue weighted by atomic mass is 16.6. The predicted octanol–water partition coefficient (Wildman–Crippen LogP) is 3.09. The lowest BCUT2D eigenvalue weighted by atomic mass is 9.86. The van der Waals surface area contributed by atoms with Crippen molar-refractivity contribution in [3.63, 3.8) is 0 Å². The Morgan fingerprint density at radius 3 is 2.35 bits per heavy atom. The molecule has 26 heavy (non-hydrogen) atoms. The molecule has 0 radical (unpaired) electrons. The lowest BCUT2D eigenvalue weighted by Gasteiger charge is -2.30. The van der Waals surface area contributed by atoms with Gasteiger partial charge in [-0.1, -0.05) is 19.8 Å². The van der Waals surface area contributed by atoms with Gasteiger partial charge in [-0.3, -0.25) is 4.79 Å². The average Bonchev–Trinajstić information content (AvgIpc) is 2.63. The SMILES string of the molecule is CCOc1ccc(OCC(=O)O[C@H](C)C(=O)N[C@H]2CCCC[C@H]2C)cc1. The second-order valence-electron chi connectivity index (χ2n) is 6.70. The first-order valence-electron chi connectivity index (χ1n) is 9.35. The van der Waals surface area contributed by atoms with E-state index in [1.807, 2.05) is 6.92 Å². The quantitative estimate of drug-likeness (QED) is 0.719. The van der Waals surface area contributed by atoms with Gasteiger partial charge in [0.1, 0.15) is 11.5 Å². The molecule has 1 aliphatic rings. The van der Waals surface area contributed by atoms with E-state index in [1.54, 1.807) is 31.2 Å². The van der Waals surface area contributed by atoms with E-state index in [0.29, 0.717) is 18.3 Å². The Morgan fingerprint density at radius 1 is 1.12 bits per heavy atom. The Balaban J connectivity index is 1.73. The molecular weight excluding hydrogens is 334 g/mol. The molecule has 1 aromatic carbocycles. The summed E-state index contributed by atoms with van der Waals surface area (Å²) < 4.78 is 15.9. The van der Waals surface area contributed by atoms with Gasteiger partial charge in [-0.2, -0.15) is 0 Å². The molecule has 0 saturated heterocycles. The summed E-state index contributed by atoms with van der Waals surface area (Å²) in [5, 5.41) is 2.99. The van der Waals surface area contributed by atoms with Gasteiger partial charge in [0, 0.05) is 6.04 Å².